The molecule has 0 radical (unpaired) electrons. The summed E-state index contributed by atoms with van der Waals surface area (Å²) < 4.78 is 5.60. The minimum atomic E-state index is -0.435. The number of anilines is 2. The van der Waals surface area contributed by atoms with Crippen LogP contribution in [0.15, 0.2) is 18.2 Å². The summed E-state index contributed by atoms with van der Waals surface area (Å²) in [6.45, 7) is 3.40. The molecule has 19 heavy (non-hydrogen) atoms. The number of hydrogen-bond acceptors (Lipinski definition) is 4. The summed E-state index contributed by atoms with van der Waals surface area (Å²) in [7, 11) is 4.05. The van der Waals surface area contributed by atoms with E-state index >= 15 is 0 Å². The summed E-state index contributed by atoms with van der Waals surface area (Å²) in [4.78, 5) is 16.1. The summed E-state index contributed by atoms with van der Waals surface area (Å²) in [6.07, 6.45) is 0.482. The molecule has 0 aromatic heterocycles. The predicted octanol–water partition coefficient (Wildman–Crippen LogP) is 1.33. The van der Waals surface area contributed by atoms with Gasteiger partial charge in [0.15, 0.2) is 6.10 Å². The minimum Gasteiger partial charge on any atom is -0.479 e. The quantitative estimate of drug-likeness (QED) is 0.833. The maximum absolute atomic E-state index is 12.2. The molecule has 1 aromatic carbocycles. The van der Waals surface area contributed by atoms with Crippen LogP contribution in [-0.4, -0.2) is 44.1 Å². The third-order valence-electron chi connectivity index (χ3n) is 3.18. The molecule has 5 heteroatoms. The van der Waals surface area contributed by atoms with Crippen LogP contribution in [0.5, 0.6) is 5.75 Å². The molecule has 0 spiro atoms. The van der Waals surface area contributed by atoms with E-state index < -0.39 is 6.10 Å². The Balaban J connectivity index is 2.20. The van der Waals surface area contributed by atoms with Gasteiger partial charge in [-0.15, -0.1) is 0 Å². The Morgan fingerprint density at radius 3 is 2.84 bits per heavy atom. The van der Waals surface area contributed by atoms with E-state index in [0.29, 0.717) is 12.2 Å². The number of benzene rings is 1. The van der Waals surface area contributed by atoms with Crippen LogP contribution in [-0.2, 0) is 4.79 Å². The standard InChI is InChI=1S/C14H21N3O2/c1-10-14(18)17(8-4-7-16(2)3)12-9-11(15)5-6-13(12)19-10/h5-6,9-10H,4,7-8,15H2,1-3H3. The molecule has 1 amide bonds. The maximum atomic E-state index is 12.2. The average Bonchev–Trinajstić information content (AvgIpc) is 2.34. The molecule has 1 aromatic rings. The SMILES string of the molecule is CC1Oc2ccc(N)cc2N(CCCN(C)C)C1=O. The maximum Gasteiger partial charge on any atom is 0.267 e. The van der Waals surface area contributed by atoms with Crippen molar-refractivity contribution in [2.24, 2.45) is 0 Å². The molecule has 2 rings (SSSR count). The van der Waals surface area contributed by atoms with E-state index in [1.807, 2.05) is 20.2 Å². The molecule has 0 saturated heterocycles. The third-order valence-corrected chi connectivity index (χ3v) is 3.18. The molecule has 1 aliphatic rings. The second-order valence-electron chi connectivity index (χ2n) is 5.13. The van der Waals surface area contributed by atoms with Crippen LogP contribution in [0.25, 0.3) is 0 Å². The third kappa shape index (κ3) is 2.98. The number of nitrogens with zero attached hydrogens (tertiary/aromatic N) is 2. The second kappa shape index (κ2) is 5.48. The van der Waals surface area contributed by atoms with Crippen molar-refractivity contribution in [3.63, 3.8) is 0 Å². The number of hydrogen-bond donors (Lipinski definition) is 1. The van der Waals surface area contributed by atoms with Gasteiger partial charge in [-0.1, -0.05) is 0 Å². The van der Waals surface area contributed by atoms with Gasteiger partial charge in [-0.3, -0.25) is 4.79 Å². The molecule has 1 atom stereocenters. The van der Waals surface area contributed by atoms with Crippen molar-refractivity contribution in [3.8, 4) is 5.75 Å². The van der Waals surface area contributed by atoms with E-state index in [1.165, 1.54) is 0 Å². The van der Waals surface area contributed by atoms with Crippen molar-refractivity contribution in [1.29, 1.82) is 0 Å². The van der Waals surface area contributed by atoms with Crippen LogP contribution in [0.3, 0.4) is 0 Å². The largest absolute Gasteiger partial charge is 0.479 e. The van der Waals surface area contributed by atoms with Gasteiger partial charge in [0.05, 0.1) is 5.69 Å². The van der Waals surface area contributed by atoms with Crippen LogP contribution < -0.4 is 15.4 Å². The Kier molecular flexibility index (Phi) is 3.95. The fourth-order valence-electron chi connectivity index (χ4n) is 2.20. The summed E-state index contributed by atoms with van der Waals surface area (Å²) in [5, 5.41) is 0. The number of ether oxygens (including phenoxy) is 1. The molecule has 2 N–H and O–H groups in total. The minimum absolute atomic E-state index is 0.00291. The van der Waals surface area contributed by atoms with Crippen molar-refractivity contribution in [3.05, 3.63) is 18.2 Å². The van der Waals surface area contributed by atoms with Gasteiger partial charge in [0.1, 0.15) is 5.75 Å². The number of fused-ring (bicyclic) bond motifs is 1. The van der Waals surface area contributed by atoms with Gasteiger partial charge in [-0.25, -0.2) is 0 Å². The van der Waals surface area contributed by atoms with Gasteiger partial charge < -0.3 is 20.3 Å². The van der Waals surface area contributed by atoms with Gasteiger partial charge >= 0.3 is 0 Å². The Morgan fingerprint density at radius 2 is 2.16 bits per heavy atom. The number of rotatable bonds is 4. The van der Waals surface area contributed by atoms with Crippen LogP contribution in [0.1, 0.15) is 13.3 Å². The highest BCUT2D eigenvalue weighted by Gasteiger charge is 2.31. The molecule has 5 nitrogen and oxygen atoms in total. The molecular weight excluding hydrogens is 242 g/mol. The van der Waals surface area contributed by atoms with Crippen molar-refractivity contribution in [1.82, 2.24) is 4.90 Å². The van der Waals surface area contributed by atoms with Gasteiger partial charge in [0, 0.05) is 12.2 Å². The molecule has 1 unspecified atom stereocenters. The molecule has 104 valence electrons. The lowest BCUT2D eigenvalue weighted by atomic mass is 10.1. The average molecular weight is 263 g/mol. The fraction of sp³-hybridized carbons (Fsp3) is 0.500. The first kappa shape index (κ1) is 13.7. The topological polar surface area (TPSA) is 58.8 Å². The summed E-state index contributed by atoms with van der Waals surface area (Å²) in [6, 6.07) is 5.42. The van der Waals surface area contributed by atoms with E-state index in [4.69, 9.17) is 10.5 Å². The highest BCUT2D eigenvalue weighted by Crippen LogP contribution is 2.35. The number of nitrogen functional groups attached to an aromatic ring is 1. The van der Waals surface area contributed by atoms with Gasteiger partial charge in [-0.05, 0) is 52.2 Å². The Morgan fingerprint density at radius 1 is 1.42 bits per heavy atom. The first-order valence-corrected chi connectivity index (χ1v) is 6.51. The van der Waals surface area contributed by atoms with Gasteiger partial charge in [0.2, 0.25) is 0 Å². The van der Waals surface area contributed by atoms with Gasteiger partial charge in [0.25, 0.3) is 5.91 Å². The lowest BCUT2D eigenvalue weighted by Gasteiger charge is -2.33. The van der Waals surface area contributed by atoms with Gasteiger partial charge in [-0.2, -0.15) is 0 Å². The molecule has 0 fully saturated rings. The van der Waals surface area contributed by atoms with E-state index in [-0.39, 0.29) is 5.91 Å². The summed E-state index contributed by atoms with van der Waals surface area (Å²) in [5.41, 5.74) is 7.22. The Labute approximate surface area is 113 Å². The molecule has 1 heterocycles. The van der Waals surface area contributed by atoms with Crippen molar-refractivity contribution >= 4 is 17.3 Å². The smallest absolute Gasteiger partial charge is 0.267 e. The lowest BCUT2D eigenvalue weighted by Crippen LogP contribution is -2.45. The molecule has 0 aliphatic carbocycles. The van der Waals surface area contributed by atoms with Crippen molar-refractivity contribution < 1.29 is 9.53 Å². The first-order chi connectivity index (χ1) is 8.99. The Hall–Kier alpha value is -1.75. The molecule has 0 bridgehead atoms. The van der Waals surface area contributed by atoms with E-state index in [1.54, 1.807) is 24.0 Å². The Bertz CT molecular complexity index is 474. The highest BCUT2D eigenvalue weighted by atomic mass is 16.5. The van der Waals surface area contributed by atoms with Crippen molar-refractivity contribution in [2.75, 3.05) is 37.8 Å². The summed E-state index contributed by atoms with van der Waals surface area (Å²) in [5.74, 6) is 0.725. The number of carbonyl (C=O) groups excluding carboxylic acids is 1. The highest BCUT2D eigenvalue weighted by molar-refractivity contribution is 6.00. The van der Waals surface area contributed by atoms with Crippen LogP contribution in [0.4, 0.5) is 11.4 Å². The van der Waals surface area contributed by atoms with E-state index in [2.05, 4.69) is 4.90 Å². The molecule has 0 saturated carbocycles. The lowest BCUT2D eigenvalue weighted by molar-refractivity contribution is -0.125. The van der Waals surface area contributed by atoms with Crippen LogP contribution in [0.2, 0.25) is 0 Å². The predicted molar refractivity (Wildman–Crippen MR) is 76.5 cm³/mol. The van der Waals surface area contributed by atoms with Crippen LogP contribution in [0, 0.1) is 0 Å². The van der Waals surface area contributed by atoms with Crippen molar-refractivity contribution in [2.45, 2.75) is 19.4 Å². The normalized spacial score (nSPS) is 18.4. The number of amides is 1. The van der Waals surface area contributed by atoms with E-state index in [0.717, 1.165) is 24.4 Å². The number of nitrogens with two attached hydrogens (primary N) is 1. The van der Waals surface area contributed by atoms with Crippen LogP contribution >= 0.6 is 0 Å². The monoisotopic (exact) mass is 263 g/mol. The first-order valence-electron chi connectivity index (χ1n) is 6.51. The zero-order valence-corrected chi connectivity index (χ0v) is 11.7. The van der Waals surface area contributed by atoms with E-state index in [9.17, 15) is 4.79 Å². The molecule has 1 aliphatic heterocycles. The second-order valence-corrected chi connectivity index (χ2v) is 5.13. The number of carbonyl (C=O) groups is 1. The summed E-state index contributed by atoms with van der Waals surface area (Å²) >= 11 is 0. The molecular formula is C14H21N3O2. The zero-order valence-electron chi connectivity index (χ0n) is 11.7. The zero-order chi connectivity index (χ0) is 14.0. The fourth-order valence-corrected chi connectivity index (χ4v) is 2.20.